The van der Waals surface area contributed by atoms with Gasteiger partial charge in [0.25, 0.3) is 11.1 Å². The molecule has 0 saturated heterocycles. The first kappa shape index (κ1) is 21.2. The fourth-order valence-electron chi connectivity index (χ4n) is 3.34. The van der Waals surface area contributed by atoms with Gasteiger partial charge in [0, 0.05) is 29.8 Å². The predicted octanol–water partition coefficient (Wildman–Crippen LogP) is 3.85. The number of rotatable bonds is 7. The van der Waals surface area contributed by atoms with Crippen molar-refractivity contribution < 1.29 is 14.1 Å². The number of carbonyl (C=O) groups is 2. The highest BCUT2D eigenvalue weighted by Crippen LogP contribution is 2.25. The molecule has 0 saturated carbocycles. The average molecular weight is 430 g/mol. The predicted molar refractivity (Wildman–Crippen MR) is 121 cm³/mol. The second kappa shape index (κ2) is 8.97. The van der Waals surface area contributed by atoms with Gasteiger partial charge in [0.15, 0.2) is 5.78 Å². The molecule has 0 aliphatic rings. The zero-order valence-electron chi connectivity index (χ0n) is 17.8. The number of carbonyl (C=O) groups excluding carboxylic acids is 2. The second-order valence-electron chi connectivity index (χ2n) is 7.43. The van der Waals surface area contributed by atoms with Crippen molar-refractivity contribution in [3.05, 3.63) is 76.3 Å². The van der Waals surface area contributed by atoms with Gasteiger partial charge in [0.2, 0.25) is 5.91 Å². The Bertz CT molecular complexity index is 1340. The first-order valence-corrected chi connectivity index (χ1v) is 10.3. The fourth-order valence-corrected chi connectivity index (χ4v) is 3.34. The highest BCUT2D eigenvalue weighted by Gasteiger charge is 2.17. The molecule has 8 nitrogen and oxygen atoms in total. The molecule has 0 unspecified atom stereocenters. The highest BCUT2D eigenvalue weighted by molar-refractivity contribution is 5.95. The van der Waals surface area contributed by atoms with Gasteiger partial charge in [-0.2, -0.15) is 0 Å². The van der Waals surface area contributed by atoms with Gasteiger partial charge in [0.1, 0.15) is 11.2 Å². The van der Waals surface area contributed by atoms with E-state index in [9.17, 15) is 14.4 Å². The molecular formula is C24H22N4O4. The van der Waals surface area contributed by atoms with Crippen molar-refractivity contribution in [2.24, 2.45) is 0 Å². The molecule has 2 aromatic heterocycles. The summed E-state index contributed by atoms with van der Waals surface area (Å²) in [6, 6.07) is 14.5. The summed E-state index contributed by atoms with van der Waals surface area (Å²) >= 11 is 0. The molecule has 1 N–H and O–H groups in total. The van der Waals surface area contributed by atoms with Gasteiger partial charge in [0.05, 0.1) is 6.33 Å². The number of benzene rings is 2. The molecule has 0 atom stereocenters. The topological polar surface area (TPSA) is 107 Å². The molecule has 32 heavy (non-hydrogen) atoms. The van der Waals surface area contributed by atoms with E-state index in [4.69, 9.17) is 4.52 Å². The van der Waals surface area contributed by atoms with Crippen LogP contribution < -0.4 is 10.9 Å². The lowest BCUT2D eigenvalue weighted by Crippen LogP contribution is -2.23. The lowest BCUT2D eigenvalue weighted by molar-refractivity contribution is -0.116. The number of anilines is 1. The van der Waals surface area contributed by atoms with Crippen LogP contribution >= 0.6 is 0 Å². The molecule has 0 radical (unpaired) electrons. The third kappa shape index (κ3) is 4.34. The lowest BCUT2D eigenvalue weighted by Gasteiger charge is -2.07. The van der Waals surface area contributed by atoms with Gasteiger partial charge in [-0.05, 0) is 43.2 Å². The van der Waals surface area contributed by atoms with E-state index in [0.29, 0.717) is 22.5 Å². The van der Waals surface area contributed by atoms with Gasteiger partial charge in [-0.3, -0.25) is 19.0 Å². The smallest absolute Gasteiger partial charge is 0.299 e. The minimum atomic E-state index is -0.391. The summed E-state index contributed by atoms with van der Waals surface area (Å²) in [5.41, 5.74) is 3.74. The normalized spacial score (nSPS) is 10.9. The monoisotopic (exact) mass is 430 g/mol. The molecule has 0 aliphatic carbocycles. The Hall–Kier alpha value is -4.07. The summed E-state index contributed by atoms with van der Waals surface area (Å²) in [6.07, 6.45) is 2.40. The van der Waals surface area contributed by atoms with E-state index in [1.54, 1.807) is 24.3 Å². The van der Waals surface area contributed by atoms with Crippen molar-refractivity contribution in [3.8, 4) is 11.3 Å². The number of nitrogens with one attached hydrogen (secondary N) is 1. The van der Waals surface area contributed by atoms with E-state index in [0.717, 1.165) is 12.0 Å². The minimum absolute atomic E-state index is 0.0429. The van der Waals surface area contributed by atoms with E-state index in [-0.39, 0.29) is 30.2 Å². The SMILES string of the molecule is CCc1ccc(-c2noc3c(=O)n(CCC(=O)Nc4ccc(C(C)=O)cc4)cnc23)cc1. The maximum Gasteiger partial charge on any atom is 0.299 e. The van der Waals surface area contributed by atoms with Crippen molar-refractivity contribution in [2.75, 3.05) is 5.32 Å². The van der Waals surface area contributed by atoms with E-state index in [1.807, 2.05) is 24.3 Å². The van der Waals surface area contributed by atoms with Gasteiger partial charge in [-0.15, -0.1) is 0 Å². The number of ketones is 1. The van der Waals surface area contributed by atoms with Crippen molar-refractivity contribution in [3.63, 3.8) is 0 Å². The van der Waals surface area contributed by atoms with E-state index < -0.39 is 5.56 Å². The first-order valence-electron chi connectivity index (χ1n) is 10.3. The molecule has 162 valence electrons. The summed E-state index contributed by atoms with van der Waals surface area (Å²) in [5, 5.41) is 6.79. The van der Waals surface area contributed by atoms with E-state index >= 15 is 0 Å². The zero-order chi connectivity index (χ0) is 22.7. The van der Waals surface area contributed by atoms with Crippen LogP contribution in [0.25, 0.3) is 22.4 Å². The molecule has 4 rings (SSSR count). The van der Waals surface area contributed by atoms with Crippen LogP contribution in [0.4, 0.5) is 5.69 Å². The summed E-state index contributed by atoms with van der Waals surface area (Å²) in [6.45, 7) is 3.70. The number of hydrogen-bond donors (Lipinski definition) is 1. The van der Waals surface area contributed by atoms with Gasteiger partial charge >= 0.3 is 0 Å². The third-order valence-electron chi connectivity index (χ3n) is 5.24. The van der Waals surface area contributed by atoms with Crippen LogP contribution in [0.15, 0.2) is 64.2 Å². The zero-order valence-corrected chi connectivity index (χ0v) is 17.8. The van der Waals surface area contributed by atoms with Crippen LogP contribution in [0.3, 0.4) is 0 Å². The third-order valence-corrected chi connectivity index (χ3v) is 5.24. The minimum Gasteiger partial charge on any atom is -0.348 e. The molecule has 8 heteroatoms. The summed E-state index contributed by atoms with van der Waals surface area (Å²) < 4.78 is 6.62. The maximum absolute atomic E-state index is 12.8. The van der Waals surface area contributed by atoms with E-state index in [2.05, 4.69) is 22.4 Å². The molecule has 4 aromatic rings. The summed E-state index contributed by atoms with van der Waals surface area (Å²) in [7, 11) is 0. The molecule has 0 fully saturated rings. The van der Waals surface area contributed by atoms with Crippen molar-refractivity contribution in [1.82, 2.24) is 14.7 Å². The number of amides is 1. The maximum atomic E-state index is 12.8. The molecular weight excluding hydrogens is 408 g/mol. The van der Waals surface area contributed by atoms with E-state index in [1.165, 1.54) is 23.4 Å². The van der Waals surface area contributed by atoms with Crippen molar-refractivity contribution in [2.45, 2.75) is 33.2 Å². The van der Waals surface area contributed by atoms with Crippen LogP contribution in [-0.4, -0.2) is 26.4 Å². The first-order chi connectivity index (χ1) is 15.5. The number of aryl methyl sites for hydroxylation is 2. The summed E-state index contributed by atoms with van der Waals surface area (Å²) in [4.78, 5) is 40.7. The molecule has 0 spiro atoms. The Labute approximate surface area is 183 Å². The van der Waals surface area contributed by atoms with Crippen molar-refractivity contribution in [1.29, 1.82) is 0 Å². The lowest BCUT2D eigenvalue weighted by atomic mass is 10.1. The number of Topliss-reactive ketones (excluding diaryl/α,β-unsaturated/α-hetero) is 1. The van der Waals surface area contributed by atoms with Crippen LogP contribution in [0.2, 0.25) is 0 Å². The highest BCUT2D eigenvalue weighted by atomic mass is 16.5. The quantitative estimate of drug-likeness (QED) is 0.446. The average Bonchev–Trinajstić information content (AvgIpc) is 3.24. The van der Waals surface area contributed by atoms with Crippen LogP contribution in [-0.2, 0) is 17.8 Å². The largest absolute Gasteiger partial charge is 0.348 e. The Morgan fingerprint density at radius 1 is 1.06 bits per heavy atom. The molecule has 0 bridgehead atoms. The molecule has 2 heterocycles. The number of hydrogen-bond acceptors (Lipinski definition) is 6. The molecule has 0 aliphatic heterocycles. The van der Waals surface area contributed by atoms with Crippen LogP contribution in [0.1, 0.15) is 36.2 Å². The number of fused-ring (bicyclic) bond motifs is 1. The molecule has 2 aromatic carbocycles. The Morgan fingerprint density at radius 3 is 2.44 bits per heavy atom. The standard InChI is InChI=1S/C24H22N4O4/c1-3-16-4-6-18(7-5-16)21-22-23(32-27-21)24(31)28(14-25-22)13-12-20(30)26-19-10-8-17(9-11-19)15(2)29/h4-11,14H,3,12-13H2,1-2H3,(H,26,30). The Balaban J connectivity index is 1.46. The number of nitrogens with zero attached hydrogens (tertiary/aromatic N) is 3. The molecule has 1 amide bonds. The number of aromatic nitrogens is 3. The van der Waals surface area contributed by atoms with Crippen molar-refractivity contribution >= 4 is 28.5 Å². The second-order valence-corrected chi connectivity index (χ2v) is 7.43. The van der Waals surface area contributed by atoms with Gasteiger partial charge < -0.3 is 9.84 Å². The van der Waals surface area contributed by atoms with Crippen LogP contribution in [0, 0.1) is 0 Å². The summed E-state index contributed by atoms with van der Waals surface area (Å²) in [5.74, 6) is -0.305. The Kier molecular flexibility index (Phi) is 5.93. The Morgan fingerprint density at radius 2 is 1.78 bits per heavy atom. The van der Waals surface area contributed by atoms with Gasteiger partial charge in [-0.25, -0.2) is 4.98 Å². The van der Waals surface area contributed by atoms with Crippen LogP contribution in [0.5, 0.6) is 0 Å². The van der Waals surface area contributed by atoms with Gasteiger partial charge in [-0.1, -0.05) is 36.3 Å². The fraction of sp³-hybridized carbons (Fsp3) is 0.208.